The van der Waals surface area contributed by atoms with Crippen molar-refractivity contribution >= 4 is 80.0 Å². The molecule has 2 nitrogen and oxygen atoms in total. The van der Waals surface area contributed by atoms with E-state index in [0.29, 0.717) is 0 Å². The fourth-order valence-corrected chi connectivity index (χ4v) is 17.1. The second-order valence-electron chi connectivity index (χ2n) is 29.8. The maximum absolute atomic E-state index is 2.47. The molecule has 0 N–H and O–H groups in total. The zero-order valence-electron chi connectivity index (χ0n) is 56.9. The highest BCUT2D eigenvalue weighted by Crippen LogP contribution is 2.56. The molecule has 0 unspecified atom stereocenters. The van der Waals surface area contributed by atoms with Crippen LogP contribution in [0.3, 0.4) is 0 Å². The van der Waals surface area contributed by atoms with Gasteiger partial charge in [0.15, 0.2) is 0 Å². The van der Waals surface area contributed by atoms with E-state index in [2.05, 4.69) is 381 Å². The van der Waals surface area contributed by atoms with Gasteiger partial charge in [-0.2, -0.15) is 0 Å². The number of anilines is 6. The Morgan fingerprint density at radius 2 is 0.439 bits per heavy atom. The van der Waals surface area contributed by atoms with Crippen LogP contribution in [0.15, 0.2) is 291 Å². The Bertz CT molecular complexity index is 5340. The normalized spacial score (nSPS) is 15.0. The lowest BCUT2D eigenvalue weighted by Crippen LogP contribution is -2.18. The molecule has 4 aliphatic rings. The van der Waals surface area contributed by atoms with Crippen LogP contribution < -0.4 is 9.80 Å². The number of benzene rings is 14. The maximum Gasteiger partial charge on any atom is 0.0468 e. The molecule has 98 heavy (non-hydrogen) atoms. The largest absolute Gasteiger partial charge is 0.310 e. The van der Waals surface area contributed by atoms with Gasteiger partial charge in [0.05, 0.1) is 0 Å². The van der Waals surface area contributed by atoms with Crippen LogP contribution in [0, 0.1) is 0 Å². The van der Waals surface area contributed by atoms with E-state index in [1.165, 1.54) is 144 Å². The van der Waals surface area contributed by atoms with Crippen LogP contribution in [0.1, 0.15) is 122 Å². The van der Waals surface area contributed by atoms with E-state index >= 15 is 0 Å². The molecular formula is C96H76N2. The molecule has 14 aromatic carbocycles. The molecule has 470 valence electrons. The lowest BCUT2D eigenvalue weighted by atomic mass is 9.81. The molecule has 0 saturated carbocycles. The quantitative estimate of drug-likeness (QED) is 0.119. The number of fused-ring (bicyclic) bond motifs is 14. The number of hydrogen-bond acceptors (Lipinski definition) is 2. The van der Waals surface area contributed by atoms with Crippen LogP contribution in [-0.4, -0.2) is 0 Å². The Morgan fingerprint density at radius 3 is 0.796 bits per heavy atom. The van der Waals surface area contributed by atoms with Gasteiger partial charge in [0.25, 0.3) is 0 Å². The third kappa shape index (κ3) is 9.44. The van der Waals surface area contributed by atoms with Gasteiger partial charge >= 0.3 is 0 Å². The molecule has 0 aliphatic heterocycles. The number of hydrogen-bond donors (Lipinski definition) is 0. The Hall–Kier alpha value is -11.3. The van der Waals surface area contributed by atoms with Gasteiger partial charge in [0.1, 0.15) is 0 Å². The van der Waals surface area contributed by atoms with E-state index in [1.807, 2.05) is 0 Å². The van der Waals surface area contributed by atoms with Gasteiger partial charge in [0, 0.05) is 55.8 Å². The standard InChI is InChI=1S/C96H76N2/c1-93(2)85-23-15-13-21-77(85)81-49-43-73(57-89(81)93)97(71-41-39-65-17-9-11-19-69(65)55-71)75-45-51-83-79-47-33-63(53-87(79)95(5,6)91(83)59-75)27-25-61-29-35-67(36-30-61)68-37-31-62(32-38-68)26-28-64-34-48-80-84-52-46-76(60-92(84)96(7,8)88(80)54-64)98(72-42-40-66-18-10-12-20-70(66)56-72)74-44-50-82-78-22-14-16-24-86(78)94(3,4)90(82)58-74/h9-60H,1-8H3/b27-25+,28-26+. The molecule has 0 aromatic heterocycles. The molecule has 0 amide bonds. The average Bonchev–Trinajstić information content (AvgIpc) is 1.57. The SMILES string of the molecule is CC1(C)c2ccccc2-c2ccc(N(c3ccc4c(c3)C(C)(C)c3cc(/C=C/c5ccc(-c6ccc(/C=C/c7ccc8c(c7)C(C)(C)c7cc(N(c9ccc%10c(c9)C(C)(C)c9ccccc9-%10)c9ccc%10ccccc%10c9)ccc7-8)cc6)cc5)ccc3-4)c3ccc4ccccc4c3)cc21. The second kappa shape index (κ2) is 22.1. The third-order valence-electron chi connectivity index (χ3n) is 22.6. The molecule has 0 atom stereocenters. The molecule has 2 heteroatoms. The second-order valence-corrected chi connectivity index (χ2v) is 29.8. The van der Waals surface area contributed by atoms with E-state index in [-0.39, 0.29) is 21.7 Å². The van der Waals surface area contributed by atoms with E-state index < -0.39 is 0 Å². The summed E-state index contributed by atoms with van der Waals surface area (Å²) < 4.78 is 0. The Labute approximate surface area is 576 Å². The molecule has 0 heterocycles. The highest BCUT2D eigenvalue weighted by molar-refractivity contribution is 5.96. The summed E-state index contributed by atoms with van der Waals surface area (Å²) in [5.74, 6) is 0. The molecule has 0 saturated heterocycles. The summed E-state index contributed by atoms with van der Waals surface area (Å²) in [6.07, 6.45) is 9.03. The zero-order chi connectivity index (χ0) is 66.4. The minimum absolute atomic E-state index is 0.112. The summed E-state index contributed by atoms with van der Waals surface area (Å²) in [6.45, 7) is 19.1. The first-order valence-electron chi connectivity index (χ1n) is 34.8. The lowest BCUT2D eigenvalue weighted by molar-refractivity contribution is 0.659. The van der Waals surface area contributed by atoms with Gasteiger partial charge in [0.2, 0.25) is 0 Å². The zero-order valence-corrected chi connectivity index (χ0v) is 56.9. The van der Waals surface area contributed by atoms with Crippen LogP contribution in [0.2, 0.25) is 0 Å². The smallest absolute Gasteiger partial charge is 0.0468 e. The van der Waals surface area contributed by atoms with Crippen molar-refractivity contribution in [3.63, 3.8) is 0 Å². The van der Waals surface area contributed by atoms with Gasteiger partial charge in [-0.3, -0.25) is 0 Å². The van der Waals surface area contributed by atoms with E-state index in [9.17, 15) is 0 Å². The van der Waals surface area contributed by atoms with Gasteiger partial charge in [-0.15, -0.1) is 0 Å². The fraction of sp³-hybridized carbons (Fsp3) is 0.125. The summed E-state index contributed by atoms with van der Waals surface area (Å²) in [6, 6.07) is 109. The minimum atomic E-state index is -0.215. The van der Waals surface area contributed by atoms with Crippen molar-refractivity contribution in [3.05, 3.63) is 358 Å². The molecule has 0 radical (unpaired) electrons. The van der Waals surface area contributed by atoms with E-state index in [4.69, 9.17) is 0 Å². The van der Waals surface area contributed by atoms with Crippen LogP contribution in [-0.2, 0) is 21.7 Å². The molecule has 0 spiro atoms. The summed E-state index contributed by atoms with van der Waals surface area (Å²) in [5, 5.41) is 4.94. The first-order valence-corrected chi connectivity index (χ1v) is 34.8. The topological polar surface area (TPSA) is 6.48 Å². The van der Waals surface area contributed by atoms with Crippen LogP contribution >= 0.6 is 0 Å². The number of rotatable bonds is 11. The van der Waals surface area contributed by atoms with Crippen LogP contribution in [0.4, 0.5) is 34.1 Å². The third-order valence-corrected chi connectivity index (χ3v) is 22.6. The van der Waals surface area contributed by atoms with Crippen molar-refractivity contribution in [2.75, 3.05) is 9.80 Å². The van der Waals surface area contributed by atoms with Crippen molar-refractivity contribution < 1.29 is 0 Å². The monoisotopic (exact) mass is 1260 g/mol. The van der Waals surface area contributed by atoms with Crippen molar-refractivity contribution in [2.24, 2.45) is 0 Å². The summed E-state index contributed by atoms with van der Waals surface area (Å²) in [7, 11) is 0. The minimum Gasteiger partial charge on any atom is -0.310 e. The van der Waals surface area contributed by atoms with Gasteiger partial charge in [-0.1, -0.05) is 298 Å². The first-order chi connectivity index (χ1) is 47.5. The molecule has 0 fully saturated rings. The Kier molecular flexibility index (Phi) is 13.4. The van der Waals surface area contributed by atoms with Crippen LogP contribution in [0.5, 0.6) is 0 Å². The van der Waals surface area contributed by atoms with Crippen molar-refractivity contribution in [1.29, 1.82) is 0 Å². The van der Waals surface area contributed by atoms with Gasteiger partial charge < -0.3 is 9.80 Å². The fourth-order valence-electron chi connectivity index (χ4n) is 17.1. The number of nitrogens with zero attached hydrogens (tertiary/aromatic N) is 2. The lowest BCUT2D eigenvalue weighted by Gasteiger charge is -2.30. The van der Waals surface area contributed by atoms with Crippen molar-refractivity contribution in [1.82, 2.24) is 0 Å². The predicted octanol–water partition coefficient (Wildman–Crippen LogP) is 26.2. The average molecular weight is 1260 g/mol. The molecule has 18 rings (SSSR count). The Morgan fingerprint density at radius 1 is 0.194 bits per heavy atom. The van der Waals surface area contributed by atoms with Crippen molar-refractivity contribution in [2.45, 2.75) is 77.0 Å². The van der Waals surface area contributed by atoms with Gasteiger partial charge in [-0.05, 0) is 217 Å². The van der Waals surface area contributed by atoms with Crippen LogP contribution in [0.25, 0.3) is 101 Å². The van der Waals surface area contributed by atoms with Crippen molar-refractivity contribution in [3.8, 4) is 55.6 Å². The van der Waals surface area contributed by atoms with E-state index in [0.717, 1.165) is 34.1 Å². The predicted molar refractivity (Wildman–Crippen MR) is 417 cm³/mol. The first kappa shape index (κ1) is 59.2. The van der Waals surface area contributed by atoms with Gasteiger partial charge in [-0.25, -0.2) is 0 Å². The Balaban J connectivity index is 0.568. The highest BCUT2D eigenvalue weighted by atomic mass is 15.1. The molecule has 4 aliphatic carbocycles. The molecule has 14 aromatic rings. The summed E-state index contributed by atoms with van der Waals surface area (Å²) >= 11 is 0. The summed E-state index contributed by atoms with van der Waals surface area (Å²) in [5.41, 5.74) is 34.9. The van der Waals surface area contributed by atoms with E-state index in [1.54, 1.807) is 0 Å². The maximum atomic E-state index is 2.47. The summed E-state index contributed by atoms with van der Waals surface area (Å²) in [4.78, 5) is 4.94. The molecular weight excluding hydrogens is 1180 g/mol. The highest BCUT2D eigenvalue weighted by Gasteiger charge is 2.41. The molecule has 0 bridgehead atoms.